The van der Waals surface area contributed by atoms with Crippen molar-refractivity contribution in [2.24, 2.45) is 0 Å². The Morgan fingerprint density at radius 3 is 2.76 bits per heavy atom. The zero-order chi connectivity index (χ0) is 18.2. The van der Waals surface area contributed by atoms with Crippen molar-refractivity contribution < 1.29 is 14.3 Å². The number of hydrogen-bond donors (Lipinski definition) is 2. The number of nitrogen functional groups attached to an aromatic ring is 1. The van der Waals surface area contributed by atoms with Gasteiger partial charge in [-0.2, -0.15) is 0 Å². The molecule has 3 rings (SSSR count). The first kappa shape index (κ1) is 17.9. The lowest BCUT2D eigenvalue weighted by Crippen LogP contribution is -2.41. The molecule has 25 heavy (non-hydrogen) atoms. The van der Waals surface area contributed by atoms with Crippen LogP contribution in [0.5, 0.6) is 0 Å². The SMILES string of the molecule is CC1(Nc2ccc(N)c3c2CCN(C(=O)OC(C)(C)C)C3)CCOC1. The highest BCUT2D eigenvalue weighted by atomic mass is 16.6. The van der Waals surface area contributed by atoms with Crippen LogP contribution in [-0.4, -0.2) is 41.9 Å². The molecule has 138 valence electrons. The number of benzene rings is 1. The van der Waals surface area contributed by atoms with Crippen molar-refractivity contribution in [1.29, 1.82) is 0 Å². The smallest absolute Gasteiger partial charge is 0.410 e. The average molecular weight is 347 g/mol. The van der Waals surface area contributed by atoms with E-state index in [0.717, 1.165) is 36.4 Å². The summed E-state index contributed by atoms with van der Waals surface area (Å²) >= 11 is 0. The number of fused-ring (bicyclic) bond motifs is 1. The third-order valence-corrected chi connectivity index (χ3v) is 4.76. The standard InChI is InChI=1S/C19H29N3O3/c1-18(2,3)25-17(23)22-9-7-13-14(11-22)15(20)5-6-16(13)21-19(4)8-10-24-12-19/h5-6,21H,7-12,20H2,1-4H3. The Morgan fingerprint density at radius 1 is 1.36 bits per heavy atom. The van der Waals surface area contributed by atoms with Crippen molar-refractivity contribution in [2.45, 2.75) is 58.2 Å². The summed E-state index contributed by atoms with van der Waals surface area (Å²) in [6.07, 6.45) is 1.46. The lowest BCUT2D eigenvalue weighted by molar-refractivity contribution is 0.0224. The minimum Gasteiger partial charge on any atom is -0.444 e. The lowest BCUT2D eigenvalue weighted by atomic mass is 9.94. The van der Waals surface area contributed by atoms with Gasteiger partial charge in [0.15, 0.2) is 0 Å². The topological polar surface area (TPSA) is 76.8 Å². The number of nitrogens with one attached hydrogen (secondary N) is 1. The predicted octanol–water partition coefficient (Wildman–Crippen LogP) is 3.15. The summed E-state index contributed by atoms with van der Waals surface area (Å²) in [5.74, 6) is 0. The minimum atomic E-state index is -0.497. The molecule has 0 spiro atoms. The molecule has 1 aromatic rings. The zero-order valence-corrected chi connectivity index (χ0v) is 15.6. The molecular formula is C19H29N3O3. The molecule has 2 aliphatic heterocycles. The number of amides is 1. The third-order valence-electron chi connectivity index (χ3n) is 4.76. The largest absolute Gasteiger partial charge is 0.444 e. The number of nitrogens with two attached hydrogens (primary N) is 1. The van der Waals surface area contributed by atoms with E-state index in [1.165, 1.54) is 5.56 Å². The Kier molecular flexibility index (Phi) is 4.58. The number of anilines is 2. The summed E-state index contributed by atoms with van der Waals surface area (Å²) < 4.78 is 11.0. The fourth-order valence-electron chi connectivity index (χ4n) is 3.39. The van der Waals surface area contributed by atoms with E-state index in [1.807, 2.05) is 32.9 Å². The third kappa shape index (κ3) is 4.00. The second kappa shape index (κ2) is 6.41. The van der Waals surface area contributed by atoms with E-state index in [-0.39, 0.29) is 11.6 Å². The average Bonchev–Trinajstić information content (AvgIpc) is 2.95. The first-order valence-corrected chi connectivity index (χ1v) is 8.91. The van der Waals surface area contributed by atoms with E-state index in [9.17, 15) is 4.79 Å². The van der Waals surface area contributed by atoms with Crippen molar-refractivity contribution in [2.75, 3.05) is 30.8 Å². The van der Waals surface area contributed by atoms with Gasteiger partial charge in [-0.25, -0.2) is 4.79 Å². The van der Waals surface area contributed by atoms with Crippen molar-refractivity contribution in [3.63, 3.8) is 0 Å². The maximum Gasteiger partial charge on any atom is 0.410 e. The fourth-order valence-corrected chi connectivity index (χ4v) is 3.39. The van der Waals surface area contributed by atoms with E-state index >= 15 is 0 Å². The van der Waals surface area contributed by atoms with Crippen LogP contribution in [0.3, 0.4) is 0 Å². The highest BCUT2D eigenvalue weighted by Crippen LogP contribution is 2.34. The van der Waals surface area contributed by atoms with Crippen LogP contribution in [0.2, 0.25) is 0 Å². The molecule has 2 aliphatic rings. The van der Waals surface area contributed by atoms with Crippen molar-refractivity contribution in [3.05, 3.63) is 23.3 Å². The van der Waals surface area contributed by atoms with E-state index < -0.39 is 5.60 Å². The molecule has 1 unspecified atom stereocenters. The molecule has 0 bridgehead atoms. The van der Waals surface area contributed by atoms with Gasteiger partial charge in [0.25, 0.3) is 0 Å². The van der Waals surface area contributed by atoms with Gasteiger partial charge in [0.2, 0.25) is 0 Å². The van der Waals surface area contributed by atoms with Gasteiger partial charge < -0.3 is 25.4 Å². The maximum absolute atomic E-state index is 12.4. The van der Waals surface area contributed by atoms with Crippen LogP contribution in [0.4, 0.5) is 16.2 Å². The van der Waals surface area contributed by atoms with Crippen LogP contribution in [0.25, 0.3) is 0 Å². The number of rotatable bonds is 2. The zero-order valence-electron chi connectivity index (χ0n) is 15.6. The Labute approximate surface area is 149 Å². The molecule has 0 aliphatic carbocycles. The van der Waals surface area contributed by atoms with Gasteiger partial charge >= 0.3 is 6.09 Å². The molecule has 3 N–H and O–H groups in total. The Morgan fingerprint density at radius 2 is 2.12 bits per heavy atom. The van der Waals surface area contributed by atoms with E-state index in [1.54, 1.807) is 4.90 Å². The van der Waals surface area contributed by atoms with Crippen molar-refractivity contribution in [3.8, 4) is 0 Å². The Balaban J connectivity index is 1.80. The molecule has 1 amide bonds. The minimum absolute atomic E-state index is 0.0494. The van der Waals surface area contributed by atoms with Crippen LogP contribution in [0.15, 0.2) is 12.1 Å². The molecule has 1 fully saturated rings. The first-order valence-electron chi connectivity index (χ1n) is 8.91. The van der Waals surface area contributed by atoms with Crippen LogP contribution >= 0.6 is 0 Å². The molecule has 1 saturated heterocycles. The van der Waals surface area contributed by atoms with Crippen LogP contribution in [-0.2, 0) is 22.4 Å². The molecular weight excluding hydrogens is 318 g/mol. The van der Waals surface area contributed by atoms with Crippen molar-refractivity contribution in [1.82, 2.24) is 4.90 Å². The number of carbonyl (C=O) groups excluding carboxylic acids is 1. The summed E-state index contributed by atoms with van der Waals surface area (Å²) in [5, 5.41) is 3.64. The molecule has 0 saturated carbocycles. The Hall–Kier alpha value is -1.95. The van der Waals surface area contributed by atoms with Gasteiger partial charge in [0.1, 0.15) is 5.60 Å². The second-order valence-corrected chi connectivity index (χ2v) is 8.30. The number of nitrogens with zero attached hydrogens (tertiary/aromatic N) is 1. The van der Waals surface area contributed by atoms with Crippen LogP contribution < -0.4 is 11.1 Å². The van der Waals surface area contributed by atoms with Gasteiger partial charge in [-0.05, 0) is 63.8 Å². The molecule has 0 radical (unpaired) electrons. The predicted molar refractivity (Wildman–Crippen MR) is 98.7 cm³/mol. The highest BCUT2D eigenvalue weighted by molar-refractivity contribution is 5.72. The van der Waals surface area contributed by atoms with E-state index in [4.69, 9.17) is 15.2 Å². The van der Waals surface area contributed by atoms with E-state index in [2.05, 4.69) is 12.2 Å². The first-order chi connectivity index (χ1) is 11.7. The lowest BCUT2D eigenvalue weighted by Gasteiger charge is -2.34. The molecule has 6 heteroatoms. The maximum atomic E-state index is 12.4. The van der Waals surface area contributed by atoms with Gasteiger partial charge in [0.05, 0.1) is 18.7 Å². The molecule has 6 nitrogen and oxygen atoms in total. The highest BCUT2D eigenvalue weighted by Gasteiger charge is 2.32. The molecule has 1 aromatic carbocycles. The van der Waals surface area contributed by atoms with Gasteiger partial charge in [-0.15, -0.1) is 0 Å². The Bertz CT molecular complexity index is 661. The molecule has 0 aromatic heterocycles. The summed E-state index contributed by atoms with van der Waals surface area (Å²) in [7, 11) is 0. The van der Waals surface area contributed by atoms with E-state index in [0.29, 0.717) is 19.7 Å². The monoisotopic (exact) mass is 347 g/mol. The summed E-state index contributed by atoms with van der Waals surface area (Å²) in [5.41, 5.74) is 9.71. The number of ether oxygens (including phenoxy) is 2. The van der Waals surface area contributed by atoms with Gasteiger partial charge in [-0.3, -0.25) is 0 Å². The normalized spacial score (nSPS) is 23.3. The van der Waals surface area contributed by atoms with Crippen molar-refractivity contribution >= 4 is 17.5 Å². The number of hydrogen-bond acceptors (Lipinski definition) is 5. The fraction of sp³-hybridized carbons (Fsp3) is 0.632. The van der Waals surface area contributed by atoms with Crippen LogP contribution in [0.1, 0.15) is 45.2 Å². The van der Waals surface area contributed by atoms with Gasteiger partial charge in [-0.1, -0.05) is 0 Å². The quantitative estimate of drug-likeness (QED) is 0.804. The van der Waals surface area contributed by atoms with Gasteiger partial charge in [0, 0.05) is 24.5 Å². The molecule has 1 atom stereocenters. The second-order valence-electron chi connectivity index (χ2n) is 8.30. The van der Waals surface area contributed by atoms with Crippen LogP contribution in [0, 0.1) is 0 Å². The summed E-state index contributed by atoms with van der Waals surface area (Å²) in [4.78, 5) is 14.1. The number of carbonyl (C=O) groups is 1. The summed E-state index contributed by atoms with van der Waals surface area (Å²) in [6, 6.07) is 3.96. The molecule has 2 heterocycles. The summed E-state index contributed by atoms with van der Waals surface area (Å²) in [6.45, 7) is 10.4.